The summed E-state index contributed by atoms with van der Waals surface area (Å²) in [7, 11) is -2.09. The number of halogens is 1. The van der Waals surface area contributed by atoms with Crippen molar-refractivity contribution >= 4 is 27.3 Å². The molecule has 0 saturated heterocycles. The van der Waals surface area contributed by atoms with Crippen molar-refractivity contribution in [3.63, 3.8) is 0 Å². The van der Waals surface area contributed by atoms with Crippen LogP contribution in [-0.4, -0.2) is 18.2 Å². The first-order valence-electron chi connectivity index (χ1n) is 5.65. The van der Waals surface area contributed by atoms with Crippen LogP contribution in [0, 0.1) is 0 Å². The van der Waals surface area contributed by atoms with E-state index in [9.17, 15) is 8.42 Å². The molecule has 1 aromatic heterocycles. The molecule has 2 aromatic rings. The second-order valence-corrected chi connectivity index (χ2v) is 6.39. The first-order valence-corrected chi connectivity index (χ1v) is 7.57. The highest BCUT2D eigenvalue weighted by Gasteiger charge is 2.20. The molecule has 1 N–H and O–H groups in total. The van der Waals surface area contributed by atoms with Crippen molar-refractivity contribution in [3.05, 3.63) is 42.1 Å². The average Bonchev–Trinajstić information content (AvgIpc) is 2.76. The Morgan fingerprint density at radius 1 is 1.32 bits per heavy atom. The lowest BCUT2D eigenvalue weighted by molar-refractivity contribution is 0.582. The molecular weight excluding hydrogens is 286 g/mol. The predicted octanol–water partition coefficient (Wildman–Crippen LogP) is 2.52. The summed E-state index contributed by atoms with van der Waals surface area (Å²) in [5.41, 5.74) is 1.21. The van der Waals surface area contributed by atoms with E-state index < -0.39 is 10.0 Å². The van der Waals surface area contributed by atoms with Crippen molar-refractivity contribution in [1.29, 1.82) is 0 Å². The normalized spacial score (nSPS) is 13.2. The minimum Gasteiger partial charge on any atom is -0.278 e. The highest BCUT2D eigenvalue weighted by Crippen LogP contribution is 2.28. The van der Waals surface area contributed by atoms with Gasteiger partial charge in [-0.2, -0.15) is 13.5 Å². The van der Waals surface area contributed by atoms with Crippen LogP contribution in [-0.2, 0) is 17.1 Å². The Kier molecular flexibility index (Phi) is 3.82. The largest absolute Gasteiger partial charge is 0.279 e. The van der Waals surface area contributed by atoms with Gasteiger partial charge in [0.2, 0.25) is 0 Å². The van der Waals surface area contributed by atoms with Crippen LogP contribution in [0.25, 0.3) is 0 Å². The first kappa shape index (κ1) is 13.9. The summed E-state index contributed by atoms with van der Waals surface area (Å²) in [6.45, 7) is 1.79. The van der Waals surface area contributed by atoms with Gasteiger partial charge in [0, 0.05) is 7.05 Å². The third-order valence-corrected chi connectivity index (χ3v) is 4.36. The summed E-state index contributed by atoms with van der Waals surface area (Å²) in [6.07, 6.45) is 1.44. The molecule has 0 aliphatic heterocycles. The van der Waals surface area contributed by atoms with Crippen LogP contribution in [0.4, 0.5) is 5.69 Å². The number of anilines is 1. The predicted molar refractivity (Wildman–Crippen MR) is 74.7 cm³/mol. The minimum absolute atomic E-state index is 0.101. The fraction of sp³-hybridized carbons (Fsp3) is 0.250. The zero-order valence-electron chi connectivity index (χ0n) is 10.5. The maximum atomic E-state index is 12.2. The van der Waals surface area contributed by atoms with Gasteiger partial charge >= 0.3 is 0 Å². The molecule has 102 valence electrons. The van der Waals surface area contributed by atoms with E-state index in [1.165, 1.54) is 16.9 Å². The molecule has 2 rings (SSSR count). The molecule has 19 heavy (non-hydrogen) atoms. The quantitative estimate of drug-likeness (QED) is 0.882. The molecule has 0 aliphatic rings. The number of aryl methyl sites for hydroxylation is 1. The van der Waals surface area contributed by atoms with E-state index in [1.54, 1.807) is 32.2 Å². The lowest BCUT2D eigenvalue weighted by Crippen LogP contribution is -2.17. The van der Waals surface area contributed by atoms with Gasteiger partial charge in [-0.3, -0.25) is 9.40 Å². The van der Waals surface area contributed by atoms with Crippen molar-refractivity contribution in [3.8, 4) is 0 Å². The maximum Gasteiger partial charge on any atom is 0.279 e. The Morgan fingerprint density at radius 3 is 2.58 bits per heavy atom. The second kappa shape index (κ2) is 5.22. The molecule has 1 aromatic carbocycles. The summed E-state index contributed by atoms with van der Waals surface area (Å²) >= 11 is 6.04. The number of alkyl halides is 1. The van der Waals surface area contributed by atoms with E-state index >= 15 is 0 Å². The Balaban J connectivity index is 2.39. The van der Waals surface area contributed by atoms with Crippen LogP contribution in [0.15, 0.2) is 41.6 Å². The van der Waals surface area contributed by atoms with E-state index in [4.69, 9.17) is 11.6 Å². The summed E-state index contributed by atoms with van der Waals surface area (Å²) < 4.78 is 28.3. The SMILES string of the molecule is CC(Cl)c1ccccc1NS(=O)(=O)c1ccnn1C. The Labute approximate surface area is 117 Å². The molecule has 0 spiro atoms. The fourth-order valence-electron chi connectivity index (χ4n) is 1.76. The Bertz CT molecular complexity index is 680. The van der Waals surface area contributed by atoms with Crippen LogP contribution < -0.4 is 4.72 Å². The maximum absolute atomic E-state index is 12.2. The number of para-hydroxylation sites is 1. The van der Waals surface area contributed by atoms with Gasteiger partial charge in [-0.25, -0.2) is 0 Å². The van der Waals surface area contributed by atoms with E-state index in [0.29, 0.717) is 5.69 Å². The minimum atomic E-state index is -3.66. The van der Waals surface area contributed by atoms with Crippen molar-refractivity contribution in [1.82, 2.24) is 9.78 Å². The molecule has 0 amide bonds. The van der Waals surface area contributed by atoms with E-state index in [0.717, 1.165) is 5.56 Å². The molecular formula is C12H14ClN3O2S. The van der Waals surface area contributed by atoms with Crippen LogP contribution in [0.1, 0.15) is 17.9 Å². The van der Waals surface area contributed by atoms with Gasteiger partial charge in [0.15, 0.2) is 5.03 Å². The fourth-order valence-corrected chi connectivity index (χ4v) is 3.16. The van der Waals surface area contributed by atoms with Gasteiger partial charge in [-0.05, 0) is 24.6 Å². The standard InChI is InChI=1S/C12H14ClN3O2S/c1-9(13)10-5-3-4-6-11(10)15-19(17,18)12-7-8-14-16(12)2/h3-9,15H,1-2H3. The van der Waals surface area contributed by atoms with Gasteiger partial charge in [-0.15, -0.1) is 11.6 Å². The van der Waals surface area contributed by atoms with E-state index in [-0.39, 0.29) is 10.4 Å². The Morgan fingerprint density at radius 2 is 2.00 bits per heavy atom. The highest BCUT2D eigenvalue weighted by atomic mass is 35.5. The first-order chi connectivity index (χ1) is 8.92. The van der Waals surface area contributed by atoms with Crippen molar-refractivity contribution in [2.24, 2.45) is 7.05 Å². The second-order valence-electron chi connectivity index (χ2n) is 4.10. The monoisotopic (exact) mass is 299 g/mol. The summed E-state index contributed by atoms with van der Waals surface area (Å²) in [4.78, 5) is 0. The molecule has 0 saturated carbocycles. The van der Waals surface area contributed by atoms with E-state index in [2.05, 4.69) is 9.82 Å². The van der Waals surface area contributed by atoms with Crippen LogP contribution >= 0.6 is 11.6 Å². The molecule has 1 unspecified atom stereocenters. The van der Waals surface area contributed by atoms with Crippen LogP contribution in [0.5, 0.6) is 0 Å². The smallest absolute Gasteiger partial charge is 0.278 e. The van der Waals surface area contributed by atoms with Gasteiger partial charge in [0.1, 0.15) is 0 Å². The third-order valence-electron chi connectivity index (χ3n) is 2.68. The number of sulfonamides is 1. The molecule has 5 nitrogen and oxygen atoms in total. The van der Waals surface area contributed by atoms with Gasteiger partial charge in [0.25, 0.3) is 10.0 Å². The molecule has 1 atom stereocenters. The van der Waals surface area contributed by atoms with Crippen molar-refractivity contribution < 1.29 is 8.42 Å². The highest BCUT2D eigenvalue weighted by molar-refractivity contribution is 7.92. The van der Waals surface area contributed by atoms with Gasteiger partial charge in [0.05, 0.1) is 17.3 Å². The summed E-state index contributed by atoms with van der Waals surface area (Å²) in [6, 6.07) is 8.48. The number of nitrogens with one attached hydrogen (secondary N) is 1. The molecule has 7 heteroatoms. The zero-order chi connectivity index (χ0) is 14.0. The third kappa shape index (κ3) is 2.90. The van der Waals surface area contributed by atoms with Crippen molar-refractivity contribution in [2.45, 2.75) is 17.3 Å². The topological polar surface area (TPSA) is 64.0 Å². The lowest BCUT2D eigenvalue weighted by Gasteiger charge is -2.13. The number of hydrogen-bond donors (Lipinski definition) is 1. The zero-order valence-corrected chi connectivity index (χ0v) is 12.1. The Hall–Kier alpha value is -1.53. The van der Waals surface area contributed by atoms with Crippen LogP contribution in [0.2, 0.25) is 0 Å². The van der Waals surface area contributed by atoms with Gasteiger partial charge < -0.3 is 0 Å². The number of hydrogen-bond acceptors (Lipinski definition) is 3. The molecule has 0 radical (unpaired) electrons. The summed E-state index contributed by atoms with van der Waals surface area (Å²) in [5.74, 6) is 0. The average molecular weight is 300 g/mol. The molecule has 0 bridgehead atoms. The van der Waals surface area contributed by atoms with Gasteiger partial charge in [-0.1, -0.05) is 18.2 Å². The van der Waals surface area contributed by atoms with Crippen LogP contribution in [0.3, 0.4) is 0 Å². The number of benzene rings is 1. The molecule has 0 aliphatic carbocycles. The lowest BCUT2D eigenvalue weighted by atomic mass is 10.1. The van der Waals surface area contributed by atoms with Crippen molar-refractivity contribution in [2.75, 3.05) is 4.72 Å². The summed E-state index contributed by atoms with van der Waals surface area (Å²) in [5, 5.41) is 3.67. The number of nitrogens with zero attached hydrogens (tertiary/aromatic N) is 2. The van der Waals surface area contributed by atoms with E-state index in [1.807, 2.05) is 6.07 Å². The molecule has 1 heterocycles. The molecule has 0 fully saturated rings. The number of aromatic nitrogens is 2. The number of rotatable bonds is 4.